The molecule has 1 aromatic heterocycles. The van der Waals surface area contributed by atoms with E-state index >= 15 is 0 Å². The Morgan fingerprint density at radius 2 is 1.72 bits per heavy atom. The van der Waals surface area contributed by atoms with Crippen LogP contribution in [0.3, 0.4) is 0 Å². The van der Waals surface area contributed by atoms with Gasteiger partial charge in [-0.3, -0.25) is 14.7 Å². The number of pyridine rings is 1. The molecule has 1 aliphatic carbocycles. The Balaban J connectivity index is 1.37. The van der Waals surface area contributed by atoms with Crippen molar-refractivity contribution in [1.29, 1.82) is 0 Å². The minimum absolute atomic E-state index is 0.203. The summed E-state index contributed by atoms with van der Waals surface area (Å²) in [7, 11) is 0. The Bertz CT molecular complexity index is 1170. The van der Waals surface area contributed by atoms with E-state index in [4.69, 9.17) is 16.6 Å². The van der Waals surface area contributed by atoms with Crippen molar-refractivity contribution < 1.29 is 4.79 Å². The molecule has 3 nitrogen and oxygen atoms in total. The summed E-state index contributed by atoms with van der Waals surface area (Å²) < 4.78 is 0. The van der Waals surface area contributed by atoms with E-state index in [2.05, 4.69) is 23.1 Å². The number of likely N-dealkylation sites (tertiary alicyclic amines) is 1. The molecule has 3 aromatic rings. The van der Waals surface area contributed by atoms with Crippen LogP contribution in [0.1, 0.15) is 35.2 Å². The van der Waals surface area contributed by atoms with Gasteiger partial charge in [0.1, 0.15) is 0 Å². The first-order valence-electron chi connectivity index (χ1n) is 11.1. The minimum Gasteiger partial charge on any atom is -0.295 e. The third-order valence-corrected chi connectivity index (χ3v) is 7.37. The molecule has 2 aromatic carbocycles. The van der Waals surface area contributed by atoms with Crippen LogP contribution in [-0.2, 0) is 17.6 Å². The molecule has 5 rings (SSSR count). The summed E-state index contributed by atoms with van der Waals surface area (Å²) in [6, 6.07) is 20.4. The highest BCUT2D eigenvalue weighted by molar-refractivity contribution is 8.13. The maximum atomic E-state index is 12.6. The summed E-state index contributed by atoms with van der Waals surface area (Å²) in [6.45, 7) is 2.28. The molecule has 0 unspecified atom stereocenters. The first-order chi connectivity index (χ1) is 15.7. The van der Waals surface area contributed by atoms with Gasteiger partial charge in [-0.2, -0.15) is 0 Å². The van der Waals surface area contributed by atoms with Crippen molar-refractivity contribution in [3.63, 3.8) is 0 Å². The fourth-order valence-electron chi connectivity index (χ4n) is 4.70. The Morgan fingerprint density at radius 3 is 2.53 bits per heavy atom. The van der Waals surface area contributed by atoms with E-state index in [-0.39, 0.29) is 5.12 Å². The summed E-state index contributed by atoms with van der Waals surface area (Å²) in [4.78, 5) is 20.7. The third-order valence-electron chi connectivity index (χ3n) is 6.27. The molecule has 2 heterocycles. The van der Waals surface area contributed by atoms with Crippen molar-refractivity contribution >= 4 is 34.1 Å². The van der Waals surface area contributed by atoms with Crippen LogP contribution in [0.4, 0.5) is 0 Å². The number of aromatic nitrogens is 1. The normalized spacial score (nSPS) is 16.3. The van der Waals surface area contributed by atoms with E-state index in [1.165, 1.54) is 39.6 Å². The van der Waals surface area contributed by atoms with Crippen molar-refractivity contribution in [2.75, 3.05) is 19.6 Å². The van der Waals surface area contributed by atoms with Gasteiger partial charge in [0.2, 0.25) is 5.12 Å². The average Bonchev–Trinajstić information content (AvgIpc) is 2.97. The molecule has 0 bridgehead atoms. The summed E-state index contributed by atoms with van der Waals surface area (Å²) >= 11 is 7.66. The van der Waals surface area contributed by atoms with E-state index in [0.717, 1.165) is 54.4 Å². The molecule has 0 spiro atoms. The average molecular weight is 461 g/mol. The smallest absolute Gasteiger partial charge is 0.207 e. The molecular weight excluding hydrogens is 436 g/mol. The number of benzene rings is 2. The van der Waals surface area contributed by atoms with E-state index in [9.17, 15) is 4.79 Å². The maximum absolute atomic E-state index is 12.6. The molecule has 1 saturated heterocycles. The van der Waals surface area contributed by atoms with Crippen molar-refractivity contribution in [3.05, 3.63) is 99.8 Å². The summed E-state index contributed by atoms with van der Waals surface area (Å²) in [5, 5.41) is 0.991. The fraction of sp³-hybridized carbons (Fsp3) is 0.259. The van der Waals surface area contributed by atoms with Crippen molar-refractivity contribution in [2.24, 2.45) is 0 Å². The first-order valence-corrected chi connectivity index (χ1v) is 12.3. The van der Waals surface area contributed by atoms with Gasteiger partial charge in [0, 0.05) is 34.8 Å². The van der Waals surface area contributed by atoms with Crippen LogP contribution in [-0.4, -0.2) is 34.6 Å². The number of hydrogen-bond acceptors (Lipinski definition) is 4. The lowest BCUT2D eigenvalue weighted by Crippen LogP contribution is -2.34. The predicted octanol–water partition coefficient (Wildman–Crippen LogP) is 6.05. The van der Waals surface area contributed by atoms with Crippen LogP contribution < -0.4 is 0 Å². The van der Waals surface area contributed by atoms with Gasteiger partial charge in [-0.1, -0.05) is 59.3 Å². The van der Waals surface area contributed by atoms with Crippen molar-refractivity contribution in [2.45, 2.75) is 30.6 Å². The number of piperidine rings is 1. The van der Waals surface area contributed by atoms with Crippen molar-refractivity contribution in [3.8, 4) is 0 Å². The molecule has 0 N–H and O–H groups in total. The molecule has 1 fully saturated rings. The molecule has 0 radical (unpaired) electrons. The number of thioether (sulfide) groups is 1. The Labute approximate surface area is 198 Å². The topological polar surface area (TPSA) is 33.2 Å². The minimum atomic E-state index is 0.203. The van der Waals surface area contributed by atoms with Crippen LogP contribution in [0, 0.1) is 0 Å². The highest BCUT2D eigenvalue weighted by atomic mass is 35.5. The van der Waals surface area contributed by atoms with Gasteiger partial charge in [-0.25, -0.2) is 0 Å². The van der Waals surface area contributed by atoms with E-state index in [1.54, 1.807) is 0 Å². The van der Waals surface area contributed by atoms with Gasteiger partial charge >= 0.3 is 0 Å². The number of halogens is 1. The number of rotatable bonds is 3. The van der Waals surface area contributed by atoms with Gasteiger partial charge < -0.3 is 0 Å². The van der Waals surface area contributed by atoms with E-state index in [1.807, 2.05) is 48.7 Å². The number of carbonyl (C=O) groups is 1. The first kappa shape index (κ1) is 21.4. The summed E-state index contributed by atoms with van der Waals surface area (Å²) in [5.41, 5.74) is 7.72. The molecule has 0 atom stereocenters. The van der Waals surface area contributed by atoms with Crippen LogP contribution in [0.15, 0.2) is 77.3 Å². The summed E-state index contributed by atoms with van der Waals surface area (Å²) in [5.74, 6) is 0. The zero-order chi connectivity index (χ0) is 21.9. The number of fused-ring (bicyclic) bond motifs is 2. The van der Waals surface area contributed by atoms with Crippen LogP contribution in [0.5, 0.6) is 0 Å². The lowest BCUT2D eigenvalue weighted by Gasteiger charge is -2.29. The summed E-state index contributed by atoms with van der Waals surface area (Å²) in [6.07, 6.45) is 5.76. The molecule has 1 aliphatic heterocycles. The largest absolute Gasteiger partial charge is 0.295 e. The third kappa shape index (κ3) is 4.68. The lowest BCUT2D eigenvalue weighted by molar-refractivity contribution is -0.112. The second-order valence-corrected chi connectivity index (χ2v) is 9.92. The van der Waals surface area contributed by atoms with Crippen molar-refractivity contribution in [1.82, 2.24) is 9.88 Å². The Hall–Kier alpha value is -2.40. The number of nitrogens with zero attached hydrogens (tertiary/aromatic N) is 2. The maximum Gasteiger partial charge on any atom is 0.207 e. The lowest BCUT2D eigenvalue weighted by atomic mass is 9.88. The van der Waals surface area contributed by atoms with Crippen LogP contribution in [0.25, 0.3) is 5.57 Å². The zero-order valence-electron chi connectivity index (χ0n) is 17.9. The zero-order valence-corrected chi connectivity index (χ0v) is 19.5. The molecule has 0 amide bonds. The molecule has 162 valence electrons. The number of hydrogen-bond donors (Lipinski definition) is 0. The highest BCUT2D eigenvalue weighted by Crippen LogP contribution is 2.38. The predicted molar refractivity (Wildman–Crippen MR) is 132 cm³/mol. The van der Waals surface area contributed by atoms with Crippen LogP contribution >= 0.6 is 23.4 Å². The quantitative estimate of drug-likeness (QED) is 0.445. The second kappa shape index (κ2) is 9.62. The second-order valence-electron chi connectivity index (χ2n) is 8.35. The molecular formula is C27H25ClN2OS. The van der Waals surface area contributed by atoms with Gasteiger partial charge in [0.15, 0.2) is 0 Å². The monoisotopic (exact) mass is 460 g/mol. The molecule has 5 heteroatoms. The van der Waals surface area contributed by atoms with Crippen LogP contribution in [0.2, 0.25) is 5.02 Å². The fourth-order valence-corrected chi connectivity index (χ4v) is 5.70. The van der Waals surface area contributed by atoms with E-state index in [0.29, 0.717) is 6.54 Å². The SMILES string of the molecule is O=C(CN1CCC(=C2c3ccc(Cl)cc3CCc3cccnc32)CC1)Sc1ccccc1. The van der Waals surface area contributed by atoms with E-state index < -0.39 is 0 Å². The van der Waals surface area contributed by atoms with Gasteiger partial charge in [0.05, 0.1) is 12.2 Å². The Morgan fingerprint density at radius 1 is 0.938 bits per heavy atom. The Kier molecular flexibility index (Phi) is 6.44. The highest BCUT2D eigenvalue weighted by Gasteiger charge is 2.25. The van der Waals surface area contributed by atoms with Gasteiger partial charge in [-0.05, 0) is 72.7 Å². The molecule has 2 aliphatic rings. The van der Waals surface area contributed by atoms with Gasteiger partial charge in [0.25, 0.3) is 0 Å². The number of aryl methyl sites for hydroxylation is 2. The molecule has 0 saturated carbocycles. The molecule has 32 heavy (non-hydrogen) atoms. The standard InChI is InChI=1S/C27H25ClN2OS/c28-22-10-11-24-21(17-22)9-8-20-5-4-14-29-27(20)26(24)19-12-15-30(16-13-19)18-25(31)32-23-6-2-1-3-7-23/h1-7,10-11,14,17H,8-9,12-13,15-16,18H2. The number of carbonyl (C=O) groups excluding carboxylic acids is 1. The van der Waals surface area contributed by atoms with Gasteiger partial charge in [-0.15, -0.1) is 0 Å².